The van der Waals surface area contributed by atoms with Gasteiger partial charge in [-0.25, -0.2) is 18.7 Å². The zero-order valence-electron chi connectivity index (χ0n) is 18.7. The van der Waals surface area contributed by atoms with E-state index in [0.29, 0.717) is 23.4 Å². The number of anilines is 1. The van der Waals surface area contributed by atoms with Gasteiger partial charge in [0.05, 0.1) is 25.0 Å². The summed E-state index contributed by atoms with van der Waals surface area (Å²) in [6.45, 7) is 6.76. The van der Waals surface area contributed by atoms with Gasteiger partial charge in [-0.2, -0.15) is 5.10 Å². The predicted molar refractivity (Wildman–Crippen MR) is 119 cm³/mol. The van der Waals surface area contributed by atoms with Crippen LogP contribution in [0.1, 0.15) is 67.7 Å². The molecule has 1 aliphatic rings. The molecule has 0 amide bonds. The summed E-state index contributed by atoms with van der Waals surface area (Å²) in [4.78, 5) is 23.6. The molecule has 0 radical (unpaired) electrons. The minimum Gasteiger partial charge on any atom is -0.462 e. The number of fused-ring (bicyclic) bond motifs is 1. The highest BCUT2D eigenvalue weighted by atomic mass is 19.1. The number of aryl methyl sites for hydroxylation is 1. The number of esters is 1. The fourth-order valence-corrected chi connectivity index (χ4v) is 4.16. The molecule has 1 saturated heterocycles. The molecule has 0 bridgehead atoms. The Bertz CT molecular complexity index is 1120. The third kappa shape index (κ3) is 4.57. The molecular formula is C23H29FN6O2. The van der Waals surface area contributed by atoms with E-state index in [9.17, 15) is 9.18 Å². The van der Waals surface area contributed by atoms with Crippen LogP contribution in [-0.2, 0) is 11.2 Å². The molecule has 2 N–H and O–H groups in total. The Hall–Kier alpha value is -3.07. The van der Waals surface area contributed by atoms with E-state index < -0.39 is 5.97 Å². The van der Waals surface area contributed by atoms with Crippen LogP contribution in [0.25, 0.3) is 5.65 Å². The number of aromatic nitrogens is 4. The van der Waals surface area contributed by atoms with Gasteiger partial charge in [0, 0.05) is 24.0 Å². The third-order valence-corrected chi connectivity index (χ3v) is 5.73. The maximum absolute atomic E-state index is 14.2. The second-order valence-electron chi connectivity index (χ2n) is 8.86. The summed E-state index contributed by atoms with van der Waals surface area (Å²) in [6, 6.07) is 3.39. The van der Waals surface area contributed by atoms with Crippen LogP contribution in [0.4, 0.5) is 10.2 Å². The van der Waals surface area contributed by atoms with E-state index >= 15 is 0 Å². The average Bonchev–Trinajstić information content (AvgIpc) is 3.39. The van der Waals surface area contributed by atoms with Crippen molar-refractivity contribution in [1.82, 2.24) is 19.6 Å². The molecule has 0 spiro atoms. The lowest BCUT2D eigenvalue weighted by Gasteiger charge is -2.28. The Balaban J connectivity index is 1.69. The fraction of sp³-hybridized carbons (Fsp3) is 0.478. The van der Waals surface area contributed by atoms with E-state index in [1.807, 2.05) is 19.9 Å². The first-order valence-corrected chi connectivity index (χ1v) is 11.0. The molecule has 1 aliphatic heterocycles. The summed E-state index contributed by atoms with van der Waals surface area (Å²) in [5.41, 5.74) is 8.33. The van der Waals surface area contributed by atoms with Crippen molar-refractivity contribution in [2.24, 2.45) is 5.73 Å². The van der Waals surface area contributed by atoms with E-state index in [-0.39, 0.29) is 24.0 Å². The number of nitrogens with two attached hydrogens (primary N) is 1. The maximum Gasteiger partial charge on any atom is 0.343 e. The molecular weight excluding hydrogens is 411 g/mol. The van der Waals surface area contributed by atoms with E-state index in [4.69, 9.17) is 15.5 Å². The first-order chi connectivity index (χ1) is 15.3. The van der Waals surface area contributed by atoms with E-state index in [1.165, 1.54) is 12.4 Å². The minimum atomic E-state index is -0.453. The largest absolute Gasteiger partial charge is 0.462 e. The van der Waals surface area contributed by atoms with Crippen molar-refractivity contribution >= 4 is 17.4 Å². The number of nitrogens with zero attached hydrogens (tertiary/aromatic N) is 5. The molecule has 0 unspecified atom stereocenters. The number of ether oxygens (including phenoxy) is 1. The zero-order valence-corrected chi connectivity index (χ0v) is 18.7. The lowest BCUT2D eigenvalue weighted by atomic mass is 9.94. The molecule has 0 saturated carbocycles. The van der Waals surface area contributed by atoms with Crippen molar-refractivity contribution in [3.05, 3.63) is 53.4 Å². The summed E-state index contributed by atoms with van der Waals surface area (Å²) < 4.78 is 20.9. The lowest BCUT2D eigenvalue weighted by Crippen LogP contribution is -2.32. The summed E-state index contributed by atoms with van der Waals surface area (Å²) in [6.07, 6.45) is 7.73. The van der Waals surface area contributed by atoms with Crippen molar-refractivity contribution in [2.75, 3.05) is 18.1 Å². The number of carbonyl (C=O) groups is 1. The Morgan fingerprint density at radius 3 is 2.94 bits per heavy atom. The van der Waals surface area contributed by atoms with Crippen LogP contribution in [0.15, 0.2) is 30.7 Å². The summed E-state index contributed by atoms with van der Waals surface area (Å²) in [5.74, 6) is -0.0991. The average molecular weight is 441 g/mol. The van der Waals surface area contributed by atoms with Crippen LogP contribution >= 0.6 is 0 Å². The zero-order chi connectivity index (χ0) is 22.9. The molecule has 0 aliphatic carbocycles. The van der Waals surface area contributed by atoms with E-state index in [0.717, 1.165) is 37.1 Å². The Morgan fingerprint density at radius 1 is 1.38 bits per heavy atom. The normalized spacial score (nSPS) is 16.7. The molecule has 170 valence electrons. The second-order valence-corrected chi connectivity index (χ2v) is 8.86. The van der Waals surface area contributed by atoms with E-state index in [2.05, 4.69) is 15.0 Å². The molecule has 8 nitrogen and oxygen atoms in total. The van der Waals surface area contributed by atoms with Gasteiger partial charge in [0.25, 0.3) is 0 Å². The molecule has 0 aromatic carbocycles. The van der Waals surface area contributed by atoms with E-state index in [1.54, 1.807) is 23.7 Å². The molecule has 1 atom stereocenters. The molecule has 4 rings (SSSR count). The van der Waals surface area contributed by atoms with Crippen molar-refractivity contribution in [2.45, 2.75) is 58.0 Å². The highest BCUT2D eigenvalue weighted by Gasteiger charge is 2.31. The van der Waals surface area contributed by atoms with Gasteiger partial charge in [-0.15, -0.1) is 0 Å². The Morgan fingerprint density at radius 2 is 2.19 bits per heavy atom. The van der Waals surface area contributed by atoms with Crippen LogP contribution in [0.3, 0.4) is 0 Å². The number of pyridine rings is 1. The van der Waals surface area contributed by atoms with Crippen molar-refractivity contribution in [1.29, 1.82) is 0 Å². The lowest BCUT2D eigenvalue weighted by molar-refractivity contribution is 0.0528. The van der Waals surface area contributed by atoms with Crippen molar-refractivity contribution in [3.63, 3.8) is 0 Å². The fourth-order valence-electron chi connectivity index (χ4n) is 4.16. The predicted octanol–water partition coefficient (Wildman–Crippen LogP) is 3.45. The number of rotatable bonds is 7. The van der Waals surface area contributed by atoms with Gasteiger partial charge in [-0.05, 0) is 64.2 Å². The van der Waals surface area contributed by atoms with Gasteiger partial charge < -0.3 is 15.4 Å². The highest BCUT2D eigenvalue weighted by molar-refractivity contribution is 5.95. The highest BCUT2D eigenvalue weighted by Crippen LogP contribution is 2.37. The maximum atomic E-state index is 14.2. The van der Waals surface area contributed by atoms with Crippen molar-refractivity contribution in [3.8, 4) is 0 Å². The smallest absolute Gasteiger partial charge is 0.343 e. The van der Waals surface area contributed by atoms with Crippen LogP contribution in [0.2, 0.25) is 0 Å². The first kappa shape index (κ1) is 22.1. The Kier molecular flexibility index (Phi) is 6.10. The summed E-state index contributed by atoms with van der Waals surface area (Å²) >= 11 is 0. The van der Waals surface area contributed by atoms with Gasteiger partial charge >= 0.3 is 5.97 Å². The summed E-state index contributed by atoms with van der Waals surface area (Å²) in [5, 5.41) is 4.20. The molecule has 4 heterocycles. The van der Waals surface area contributed by atoms with Crippen LogP contribution in [-0.4, -0.2) is 44.2 Å². The molecule has 1 fully saturated rings. The van der Waals surface area contributed by atoms with Gasteiger partial charge in [0.15, 0.2) is 5.65 Å². The molecule has 3 aromatic rings. The molecule has 3 aromatic heterocycles. The van der Waals surface area contributed by atoms with Crippen LogP contribution in [0, 0.1) is 5.82 Å². The van der Waals surface area contributed by atoms with Gasteiger partial charge in [0.2, 0.25) is 0 Å². The topological polar surface area (TPSA) is 98.6 Å². The van der Waals surface area contributed by atoms with Crippen LogP contribution < -0.4 is 10.6 Å². The number of hydrogen-bond acceptors (Lipinski definition) is 7. The number of halogens is 1. The molecule has 9 heteroatoms. The third-order valence-electron chi connectivity index (χ3n) is 5.73. The standard InChI is InChI=1S/C23H29FN6O2/c1-4-32-22(31)17-14-27-30-11-8-20(28-21(17)30)29-10-5-6-19(29)16-12-15(24)13-26-18(16)7-9-23(2,3)25/h8,11-14,19H,4-7,9-10,25H2,1-3H3/t19-/m1/s1. The monoisotopic (exact) mass is 440 g/mol. The van der Waals surface area contributed by atoms with Gasteiger partial charge in [0.1, 0.15) is 17.2 Å². The van der Waals surface area contributed by atoms with Crippen LogP contribution in [0.5, 0.6) is 0 Å². The SMILES string of the molecule is CCOC(=O)c1cnn2ccc(N3CCC[C@@H]3c3cc(F)cnc3CCC(C)(C)N)nc12. The Labute approximate surface area is 186 Å². The quantitative estimate of drug-likeness (QED) is 0.562. The summed E-state index contributed by atoms with van der Waals surface area (Å²) in [7, 11) is 0. The number of hydrogen-bond donors (Lipinski definition) is 1. The van der Waals surface area contributed by atoms with Gasteiger partial charge in [-0.3, -0.25) is 4.98 Å². The first-order valence-electron chi connectivity index (χ1n) is 11.0. The number of carbonyl (C=O) groups excluding carboxylic acids is 1. The molecule has 32 heavy (non-hydrogen) atoms. The van der Waals surface area contributed by atoms with Crippen molar-refractivity contribution < 1.29 is 13.9 Å². The minimum absolute atomic E-state index is 0.0574. The van der Waals surface area contributed by atoms with Gasteiger partial charge in [-0.1, -0.05) is 0 Å². The second kappa shape index (κ2) is 8.82.